The summed E-state index contributed by atoms with van der Waals surface area (Å²) in [7, 11) is -1.06. The second-order valence-electron chi connectivity index (χ2n) is 6.62. The van der Waals surface area contributed by atoms with Crippen molar-refractivity contribution in [3.05, 3.63) is 29.8 Å². The number of thioether (sulfide) groups is 1. The maximum atomic E-state index is 12.9. The summed E-state index contributed by atoms with van der Waals surface area (Å²) < 4.78 is 23.5. The van der Waals surface area contributed by atoms with Crippen LogP contribution in [0.4, 0.5) is 0 Å². The van der Waals surface area contributed by atoms with Gasteiger partial charge in [-0.15, -0.1) is 11.8 Å². The van der Waals surface area contributed by atoms with E-state index in [1.807, 2.05) is 32.1 Å². The van der Waals surface area contributed by atoms with Crippen LogP contribution in [-0.2, 0) is 21.2 Å². The molecule has 1 aromatic rings. The Kier molecular flexibility index (Phi) is 6.93. The molecule has 2 atom stereocenters. The monoisotopic (exact) mass is 384 g/mol. The lowest BCUT2D eigenvalue weighted by Gasteiger charge is -2.33. The topological polar surface area (TPSA) is 57.7 Å². The molecule has 1 aromatic carbocycles. The van der Waals surface area contributed by atoms with Gasteiger partial charge in [0.2, 0.25) is 5.91 Å². The molecule has 0 saturated carbocycles. The average molecular weight is 385 g/mol. The summed E-state index contributed by atoms with van der Waals surface area (Å²) in [6, 6.07) is 7.87. The lowest BCUT2D eigenvalue weighted by Crippen LogP contribution is -2.49. The van der Waals surface area contributed by atoms with E-state index in [4.69, 9.17) is 0 Å². The van der Waals surface area contributed by atoms with E-state index < -0.39 is 9.84 Å². The van der Waals surface area contributed by atoms with Gasteiger partial charge in [0.25, 0.3) is 0 Å². The molecule has 0 bridgehead atoms. The van der Waals surface area contributed by atoms with Gasteiger partial charge in [-0.2, -0.15) is 0 Å². The zero-order chi connectivity index (χ0) is 18.6. The Bertz CT molecular complexity index is 689. The minimum Gasteiger partial charge on any atom is -0.338 e. The summed E-state index contributed by atoms with van der Waals surface area (Å²) in [6.07, 6.45) is 2.60. The SMILES string of the molecule is CCN(C(=O)[C@H](C)N(C)Cc1ccc(SC)cc1)[C@H]1CCS(=O)(=O)C1. The van der Waals surface area contributed by atoms with Crippen molar-refractivity contribution in [2.75, 3.05) is 31.4 Å². The number of nitrogens with zero attached hydrogens (tertiary/aromatic N) is 2. The highest BCUT2D eigenvalue weighted by atomic mass is 32.2. The van der Waals surface area contributed by atoms with Crippen molar-refractivity contribution in [2.24, 2.45) is 0 Å². The molecule has 0 unspecified atom stereocenters. The van der Waals surface area contributed by atoms with Crippen LogP contribution in [-0.4, -0.2) is 67.6 Å². The molecule has 25 heavy (non-hydrogen) atoms. The first-order chi connectivity index (χ1) is 11.8. The number of likely N-dealkylation sites (N-methyl/N-ethyl adjacent to an activating group) is 2. The second kappa shape index (κ2) is 8.56. The zero-order valence-electron chi connectivity index (χ0n) is 15.4. The maximum absolute atomic E-state index is 12.9. The first kappa shape index (κ1) is 20.3. The Balaban J connectivity index is 2.01. The van der Waals surface area contributed by atoms with Gasteiger partial charge in [-0.1, -0.05) is 12.1 Å². The van der Waals surface area contributed by atoms with E-state index >= 15 is 0 Å². The van der Waals surface area contributed by atoms with Gasteiger partial charge in [-0.05, 0) is 51.3 Å². The molecule has 7 heteroatoms. The second-order valence-corrected chi connectivity index (χ2v) is 9.73. The third-order valence-electron chi connectivity index (χ3n) is 4.88. The van der Waals surface area contributed by atoms with E-state index in [9.17, 15) is 13.2 Å². The highest BCUT2D eigenvalue weighted by Crippen LogP contribution is 2.20. The molecule has 1 amide bonds. The molecule has 140 valence electrons. The molecule has 1 fully saturated rings. The number of hydrogen-bond acceptors (Lipinski definition) is 5. The van der Waals surface area contributed by atoms with Crippen LogP contribution in [0.15, 0.2) is 29.2 Å². The Labute approximate surface area is 155 Å². The molecule has 0 spiro atoms. The van der Waals surface area contributed by atoms with Crippen LogP contribution in [0.25, 0.3) is 0 Å². The van der Waals surface area contributed by atoms with Gasteiger partial charge < -0.3 is 4.90 Å². The molecule has 5 nitrogen and oxygen atoms in total. The van der Waals surface area contributed by atoms with E-state index in [-0.39, 0.29) is 29.5 Å². The highest BCUT2D eigenvalue weighted by Gasteiger charge is 2.35. The van der Waals surface area contributed by atoms with Crippen LogP contribution < -0.4 is 0 Å². The van der Waals surface area contributed by atoms with Gasteiger partial charge in [0.05, 0.1) is 17.5 Å². The largest absolute Gasteiger partial charge is 0.338 e. The minimum absolute atomic E-state index is 0.00725. The summed E-state index contributed by atoms with van der Waals surface area (Å²) in [5.74, 6) is 0.292. The van der Waals surface area contributed by atoms with E-state index in [0.29, 0.717) is 19.5 Å². The van der Waals surface area contributed by atoms with Crippen molar-refractivity contribution in [3.8, 4) is 0 Å². The molecule has 1 aliphatic heterocycles. The number of benzene rings is 1. The van der Waals surface area contributed by atoms with Crippen LogP contribution in [0.5, 0.6) is 0 Å². The summed E-state index contributed by atoms with van der Waals surface area (Å²) in [5, 5.41) is 0. The van der Waals surface area contributed by atoms with E-state index in [1.54, 1.807) is 16.7 Å². The van der Waals surface area contributed by atoms with Gasteiger partial charge >= 0.3 is 0 Å². The Morgan fingerprint density at radius 2 is 1.96 bits per heavy atom. The fourth-order valence-corrected chi connectivity index (χ4v) is 5.34. The van der Waals surface area contributed by atoms with Gasteiger partial charge in [0, 0.05) is 24.0 Å². The van der Waals surface area contributed by atoms with Gasteiger partial charge in [0.15, 0.2) is 9.84 Å². The highest BCUT2D eigenvalue weighted by molar-refractivity contribution is 7.98. The maximum Gasteiger partial charge on any atom is 0.239 e. The van der Waals surface area contributed by atoms with Crippen molar-refractivity contribution in [1.82, 2.24) is 9.80 Å². The molecule has 0 aromatic heterocycles. The van der Waals surface area contributed by atoms with Crippen molar-refractivity contribution in [2.45, 2.75) is 43.8 Å². The fourth-order valence-electron chi connectivity index (χ4n) is 3.20. The van der Waals surface area contributed by atoms with Gasteiger partial charge in [0.1, 0.15) is 0 Å². The third kappa shape index (κ3) is 5.21. The Morgan fingerprint density at radius 1 is 1.32 bits per heavy atom. The molecular formula is C18H28N2O3S2. The van der Waals surface area contributed by atoms with Crippen molar-refractivity contribution < 1.29 is 13.2 Å². The van der Waals surface area contributed by atoms with E-state index in [2.05, 4.69) is 24.3 Å². The predicted octanol–water partition coefficient (Wildman–Crippen LogP) is 2.26. The van der Waals surface area contributed by atoms with Gasteiger partial charge in [-0.3, -0.25) is 9.69 Å². The molecule has 0 radical (unpaired) electrons. The molecule has 1 saturated heterocycles. The molecule has 1 aliphatic rings. The van der Waals surface area contributed by atoms with Crippen LogP contribution in [0.3, 0.4) is 0 Å². The first-order valence-corrected chi connectivity index (χ1v) is 11.7. The summed E-state index contributed by atoms with van der Waals surface area (Å²) in [6.45, 7) is 5.03. The molecule has 1 heterocycles. The third-order valence-corrected chi connectivity index (χ3v) is 7.38. The number of carbonyl (C=O) groups is 1. The van der Waals surface area contributed by atoms with Crippen molar-refractivity contribution in [3.63, 3.8) is 0 Å². The van der Waals surface area contributed by atoms with Crippen LogP contribution >= 0.6 is 11.8 Å². The Hall–Kier alpha value is -1.05. The number of carbonyl (C=O) groups excluding carboxylic acids is 1. The first-order valence-electron chi connectivity index (χ1n) is 8.61. The number of rotatable bonds is 7. The molecule has 0 aliphatic carbocycles. The van der Waals surface area contributed by atoms with Crippen LogP contribution in [0.1, 0.15) is 25.8 Å². The summed E-state index contributed by atoms with van der Waals surface area (Å²) in [4.78, 5) is 17.9. The number of amides is 1. The quantitative estimate of drug-likeness (QED) is 0.675. The minimum atomic E-state index is -2.99. The normalized spacial score (nSPS) is 20.6. The predicted molar refractivity (Wildman–Crippen MR) is 104 cm³/mol. The Morgan fingerprint density at radius 3 is 2.44 bits per heavy atom. The van der Waals surface area contributed by atoms with Crippen LogP contribution in [0, 0.1) is 0 Å². The lowest BCUT2D eigenvalue weighted by molar-refractivity contribution is -0.137. The van der Waals surface area contributed by atoms with E-state index in [1.165, 1.54) is 4.90 Å². The molecule has 2 rings (SSSR count). The number of hydrogen-bond donors (Lipinski definition) is 0. The zero-order valence-corrected chi connectivity index (χ0v) is 17.1. The van der Waals surface area contributed by atoms with E-state index in [0.717, 1.165) is 5.56 Å². The smallest absolute Gasteiger partial charge is 0.239 e. The van der Waals surface area contributed by atoms with Crippen LogP contribution in [0.2, 0.25) is 0 Å². The van der Waals surface area contributed by atoms with Gasteiger partial charge in [-0.25, -0.2) is 8.42 Å². The fraction of sp³-hybridized carbons (Fsp3) is 0.611. The molecular weight excluding hydrogens is 356 g/mol. The van der Waals surface area contributed by atoms with Crippen molar-refractivity contribution in [1.29, 1.82) is 0 Å². The summed E-state index contributed by atoms with van der Waals surface area (Å²) in [5.41, 5.74) is 1.16. The molecule has 0 N–H and O–H groups in total. The standard InChI is InChI=1S/C18H28N2O3S2/c1-5-20(16-10-11-25(22,23)13-16)18(21)14(2)19(3)12-15-6-8-17(24-4)9-7-15/h6-9,14,16H,5,10-13H2,1-4H3/t14-,16-/m0/s1. The average Bonchev–Trinajstić information content (AvgIpc) is 2.95. The number of sulfone groups is 1. The summed E-state index contributed by atoms with van der Waals surface area (Å²) >= 11 is 1.70. The van der Waals surface area contributed by atoms with Crippen molar-refractivity contribution >= 4 is 27.5 Å². The lowest BCUT2D eigenvalue weighted by atomic mass is 10.1.